The van der Waals surface area contributed by atoms with Crippen LogP contribution in [0.5, 0.6) is 0 Å². The van der Waals surface area contributed by atoms with Gasteiger partial charge in [-0.25, -0.2) is 0 Å². The average Bonchev–Trinajstić information content (AvgIpc) is 2.94. The molecule has 2 atom stereocenters. The molecule has 110 valence electrons. The highest BCUT2D eigenvalue weighted by molar-refractivity contribution is 5.14. The zero-order valence-electron chi connectivity index (χ0n) is 12.1. The Bertz CT molecular complexity index is 414. The maximum Gasteiger partial charge on any atom is 0.0965 e. The Morgan fingerprint density at radius 1 is 1.25 bits per heavy atom. The van der Waals surface area contributed by atoms with Gasteiger partial charge in [-0.2, -0.15) is 0 Å². The lowest BCUT2D eigenvalue weighted by Gasteiger charge is -2.42. The number of hydrogen-bond donors (Lipinski definition) is 1. The monoisotopic (exact) mass is 275 g/mol. The van der Waals surface area contributed by atoms with Crippen LogP contribution in [0.3, 0.4) is 0 Å². The Kier molecular flexibility index (Phi) is 4.39. The summed E-state index contributed by atoms with van der Waals surface area (Å²) in [5.74, 6) is 0. The molecule has 1 aromatic carbocycles. The van der Waals surface area contributed by atoms with Gasteiger partial charge in [0, 0.05) is 19.7 Å². The number of aryl methyl sites for hydroxylation is 1. The van der Waals surface area contributed by atoms with Gasteiger partial charge in [0.2, 0.25) is 0 Å². The third kappa shape index (κ3) is 3.05. The topological polar surface area (TPSA) is 32.7 Å². The van der Waals surface area contributed by atoms with Gasteiger partial charge in [-0.1, -0.05) is 30.3 Å². The molecule has 3 rings (SSSR count). The number of piperidine rings is 1. The molecular weight excluding hydrogens is 250 g/mol. The van der Waals surface area contributed by atoms with Crippen molar-refractivity contribution in [3.8, 4) is 0 Å². The molecule has 3 heteroatoms. The molecule has 1 aromatic rings. The molecule has 0 aromatic heterocycles. The van der Waals surface area contributed by atoms with Gasteiger partial charge >= 0.3 is 0 Å². The van der Waals surface area contributed by atoms with E-state index < -0.39 is 0 Å². The quantitative estimate of drug-likeness (QED) is 0.914. The molecule has 0 unspecified atom stereocenters. The predicted octanol–water partition coefficient (Wildman–Crippen LogP) is 2.24. The number of benzene rings is 1. The number of rotatable bonds is 4. The van der Waals surface area contributed by atoms with Crippen LogP contribution in [-0.2, 0) is 11.2 Å². The summed E-state index contributed by atoms with van der Waals surface area (Å²) >= 11 is 0. The molecule has 0 saturated carbocycles. The van der Waals surface area contributed by atoms with Crippen LogP contribution >= 0.6 is 0 Å². The first-order valence-electron chi connectivity index (χ1n) is 7.87. The molecule has 0 radical (unpaired) electrons. The number of nitrogens with zero attached hydrogens (tertiary/aromatic N) is 1. The molecule has 2 aliphatic rings. The number of aliphatic hydroxyl groups is 1. The molecule has 0 aliphatic carbocycles. The standard InChI is InChI=1S/C17H25NO2/c19-16-14-18(12-10-17(16)9-5-13-20-17)11-4-8-15-6-2-1-3-7-15/h1-3,6-7,16,19H,4-5,8-14H2/t16-,17-/m0/s1. The molecule has 3 nitrogen and oxygen atoms in total. The van der Waals surface area contributed by atoms with Crippen molar-refractivity contribution in [1.82, 2.24) is 4.90 Å². The Morgan fingerprint density at radius 3 is 2.80 bits per heavy atom. The largest absolute Gasteiger partial charge is 0.389 e. The second kappa shape index (κ2) is 6.25. The molecule has 2 saturated heterocycles. The molecule has 2 fully saturated rings. The second-order valence-electron chi connectivity index (χ2n) is 6.17. The average molecular weight is 275 g/mol. The third-order valence-corrected chi connectivity index (χ3v) is 4.81. The van der Waals surface area contributed by atoms with Gasteiger partial charge in [-0.15, -0.1) is 0 Å². The first-order chi connectivity index (χ1) is 9.78. The first-order valence-corrected chi connectivity index (χ1v) is 7.87. The minimum Gasteiger partial charge on any atom is -0.389 e. The van der Waals surface area contributed by atoms with Crippen LogP contribution < -0.4 is 0 Å². The summed E-state index contributed by atoms with van der Waals surface area (Å²) < 4.78 is 5.84. The highest BCUT2D eigenvalue weighted by atomic mass is 16.5. The molecule has 1 spiro atoms. The van der Waals surface area contributed by atoms with Crippen LogP contribution in [0.25, 0.3) is 0 Å². The lowest BCUT2D eigenvalue weighted by molar-refractivity contribution is -0.128. The minimum atomic E-state index is -0.310. The SMILES string of the molecule is O[C@H]1CN(CCCc2ccccc2)CC[C@@]12CCCO2. The van der Waals surface area contributed by atoms with Crippen molar-refractivity contribution >= 4 is 0 Å². The zero-order chi connectivity index (χ0) is 13.8. The van der Waals surface area contributed by atoms with Crippen molar-refractivity contribution in [3.05, 3.63) is 35.9 Å². The Balaban J connectivity index is 1.44. The van der Waals surface area contributed by atoms with E-state index in [0.717, 1.165) is 58.3 Å². The van der Waals surface area contributed by atoms with E-state index in [1.54, 1.807) is 0 Å². The summed E-state index contributed by atoms with van der Waals surface area (Å²) in [6.45, 7) is 3.73. The number of ether oxygens (including phenoxy) is 1. The summed E-state index contributed by atoms with van der Waals surface area (Å²) in [6.07, 6.45) is 5.09. The van der Waals surface area contributed by atoms with Gasteiger partial charge in [0.15, 0.2) is 0 Å². The molecular formula is C17H25NO2. The fraction of sp³-hybridized carbons (Fsp3) is 0.647. The lowest BCUT2D eigenvalue weighted by atomic mass is 9.86. The van der Waals surface area contributed by atoms with Gasteiger partial charge in [0.05, 0.1) is 11.7 Å². The Labute approximate surface area is 121 Å². The zero-order valence-corrected chi connectivity index (χ0v) is 12.1. The van der Waals surface area contributed by atoms with Crippen molar-refractivity contribution in [1.29, 1.82) is 0 Å². The van der Waals surface area contributed by atoms with Gasteiger partial charge < -0.3 is 14.7 Å². The van der Waals surface area contributed by atoms with Gasteiger partial charge in [0.1, 0.15) is 0 Å². The van der Waals surface area contributed by atoms with E-state index in [1.807, 2.05) is 0 Å². The van der Waals surface area contributed by atoms with E-state index in [2.05, 4.69) is 35.2 Å². The van der Waals surface area contributed by atoms with Crippen LogP contribution in [0.1, 0.15) is 31.2 Å². The van der Waals surface area contributed by atoms with Gasteiger partial charge in [-0.3, -0.25) is 0 Å². The van der Waals surface area contributed by atoms with Gasteiger partial charge in [0.25, 0.3) is 0 Å². The van der Waals surface area contributed by atoms with Crippen LogP contribution in [0, 0.1) is 0 Å². The van der Waals surface area contributed by atoms with E-state index in [9.17, 15) is 5.11 Å². The summed E-state index contributed by atoms with van der Waals surface area (Å²) in [5.41, 5.74) is 1.19. The van der Waals surface area contributed by atoms with E-state index in [4.69, 9.17) is 4.74 Å². The summed E-state index contributed by atoms with van der Waals surface area (Å²) in [7, 11) is 0. The fourth-order valence-corrected chi connectivity index (χ4v) is 3.55. The Hall–Kier alpha value is -0.900. The second-order valence-corrected chi connectivity index (χ2v) is 6.17. The van der Waals surface area contributed by atoms with Crippen LogP contribution in [-0.4, -0.2) is 48.0 Å². The summed E-state index contributed by atoms with van der Waals surface area (Å²) in [4.78, 5) is 2.39. The fourth-order valence-electron chi connectivity index (χ4n) is 3.55. The predicted molar refractivity (Wildman–Crippen MR) is 79.7 cm³/mol. The highest BCUT2D eigenvalue weighted by Gasteiger charge is 2.45. The number of likely N-dealkylation sites (tertiary alicyclic amines) is 1. The molecule has 2 aliphatic heterocycles. The lowest BCUT2D eigenvalue weighted by Crippen LogP contribution is -2.55. The number of β-amino-alcohol motifs (C(OH)–C–C–N with tert-alkyl or cyclic N) is 1. The van der Waals surface area contributed by atoms with Crippen LogP contribution in [0.15, 0.2) is 30.3 Å². The number of hydrogen-bond acceptors (Lipinski definition) is 3. The Morgan fingerprint density at radius 2 is 2.10 bits per heavy atom. The van der Waals surface area contributed by atoms with E-state index in [-0.39, 0.29) is 11.7 Å². The minimum absolute atomic E-state index is 0.212. The van der Waals surface area contributed by atoms with Crippen LogP contribution in [0.4, 0.5) is 0 Å². The van der Waals surface area contributed by atoms with Crippen molar-refractivity contribution in [2.45, 2.75) is 43.8 Å². The molecule has 2 heterocycles. The highest BCUT2D eigenvalue weighted by Crippen LogP contribution is 2.35. The van der Waals surface area contributed by atoms with E-state index in [0.29, 0.717) is 0 Å². The van der Waals surface area contributed by atoms with E-state index >= 15 is 0 Å². The molecule has 20 heavy (non-hydrogen) atoms. The van der Waals surface area contributed by atoms with Crippen molar-refractivity contribution in [2.75, 3.05) is 26.2 Å². The maximum absolute atomic E-state index is 10.4. The number of aliphatic hydroxyl groups excluding tert-OH is 1. The normalized spacial score (nSPS) is 30.9. The van der Waals surface area contributed by atoms with Crippen molar-refractivity contribution in [2.24, 2.45) is 0 Å². The summed E-state index contributed by atoms with van der Waals surface area (Å²) in [5, 5.41) is 10.4. The smallest absolute Gasteiger partial charge is 0.0965 e. The van der Waals surface area contributed by atoms with E-state index in [1.165, 1.54) is 5.56 Å². The third-order valence-electron chi connectivity index (χ3n) is 4.81. The van der Waals surface area contributed by atoms with Gasteiger partial charge in [-0.05, 0) is 44.2 Å². The first kappa shape index (κ1) is 14.1. The van der Waals surface area contributed by atoms with Crippen LogP contribution in [0.2, 0.25) is 0 Å². The maximum atomic E-state index is 10.4. The molecule has 0 bridgehead atoms. The van der Waals surface area contributed by atoms with Crippen molar-refractivity contribution < 1.29 is 9.84 Å². The summed E-state index contributed by atoms with van der Waals surface area (Å²) in [6, 6.07) is 10.6. The molecule has 0 amide bonds. The van der Waals surface area contributed by atoms with Crippen molar-refractivity contribution in [3.63, 3.8) is 0 Å². The molecule has 1 N–H and O–H groups in total.